The van der Waals surface area contributed by atoms with Gasteiger partial charge in [0.05, 0.1) is 18.3 Å². The highest BCUT2D eigenvalue weighted by atomic mass is 35.5. The molecule has 0 aliphatic heterocycles. The number of nitrogens with one attached hydrogen (secondary N) is 2. The third kappa shape index (κ3) is 5.94. The molecule has 0 bridgehead atoms. The van der Waals surface area contributed by atoms with Crippen LogP contribution in [-0.2, 0) is 6.61 Å². The van der Waals surface area contributed by atoms with Crippen molar-refractivity contribution in [3.63, 3.8) is 0 Å². The minimum absolute atomic E-state index is 0.0561. The summed E-state index contributed by atoms with van der Waals surface area (Å²) in [5.74, 6) is 0.460. The Bertz CT molecular complexity index is 825. The highest BCUT2D eigenvalue weighted by Crippen LogP contribution is 2.31. The zero-order chi connectivity index (χ0) is 19.6. The van der Waals surface area contributed by atoms with E-state index < -0.39 is 5.82 Å². The molecule has 0 heterocycles. The standard InChI is InChI=1S/C19H19ClFN3O2S/c1-3-10-22-19(27)24-23-11-13-6-4-9-17(25-2)18(13)26-12-14-15(20)7-5-8-16(14)21/h3-9,11H,1,10,12H2,2H3,(H2,22,24,27)/b23-11+. The number of ether oxygens (including phenoxy) is 2. The number of hydrazone groups is 1. The fourth-order valence-corrected chi connectivity index (χ4v) is 2.48. The van der Waals surface area contributed by atoms with E-state index in [0.717, 1.165) is 0 Å². The van der Waals surface area contributed by atoms with Crippen LogP contribution in [0.5, 0.6) is 11.5 Å². The second-order valence-corrected chi connectivity index (χ2v) is 6.05. The van der Waals surface area contributed by atoms with Crippen molar-refractivity contribution >= 4 is 35.1 Å². The van der Waals surface area contributed by atoms with Crippen LogP contribution in [0.25, 0.3) is 0 Å². The molecule has 5 nitrogen and oxygen atoms in total. The first-order valence-electron chi connectivity index (χ1n) is 7.97. The smallest absolute Gasteiger partial charge is 0.187 e. The molecule has 8 heteroatoms. The highest BCUT2D eigenvalue weighted by Gasteiger charge is 2.13. The molecule has 0 atom stereocenters. The Morgan fingerprint density at radius 2 is 2.11 bits per heavy atom. The Morgan fingerprint density at radius 1 is 1.33 bits per heavy atom. The van der Waals surface area contributed by atoms with Gasteiger partial charge in [-0.25, -0.2) is 4.39 Å². The van der Waals surface area contributed by atoms with E-state index in [2.05, 4.69) is 22.4 Å². The summed E-state index contributed by atoms with van der Waals surface area (Å²) in [5.41, 5.74) is 3.58. The summed E-state index contributed by atoms with van der Waals surface area (Å²) in [7, 11) is 1.52. The van der Waals surface area contributed by atoms with Crippen LogP contribution in [0.3, 0.4) is 0 Å². The zero-order valence-electron chi connectivity index (χ0n) is 14.7. The van der Waals surface area contributed by atoms with Crippen molar-refractivity contribution in [2.24, 2.45) is 5.10 Å². The molecular weight excluding hydrogens is 389 g/mol. The molecule has 0 unspecified atom stereocenters. The second-order valence-electron chi connectivity index (χ2n) is 5.24. The van der Waals surface area contributed by atoms with Gasteiger partial charge in [-0.2, -0.15) is 5.10 Å². The fourth-order valence-electron chi connectivity index (χ4n) is 2.13. The highest BCUT2D eigenvalue weighted by molar-refractivity contribution is 7.80. The quantitative estimate of drug-likeness (QED) is 0.299. The third-order valence-corrected chi connectivity index (χ3v) is 4.02. The van der Waals surface area contributed by atoms with Crippen molar-refractivity contribution in [1.29, 1.82) is 0 Å². The summed E-state index contributed by atoms with van der Waals surface area (Å²) in [6.07, 6.45) is 3.21. The van der Waals surface area contributed by atoms with Gasteiger partial charge >= 0.3 is 0 Å². The van der Waals surface area contributed by atoms with E-state index in [-0.39, 0.29) is 12.2 Å². The van der Waals surface area contributed by atoms with Crippen LogP contribution in [-0.4, -0.2) is 25.0 Å². The third-order valence-electron chi connectivity index (χ3n) is 3.43. The molecule has 2 aromatic carbocycles. The van der Waals surface area contributed by atoms with Crippen LogP contribution in [0.2, 0.25) is 5.02 Å². The van der Waals surface area contributed by atoms with Gasteiger partial charge in [0.25, 0.3) is 0 Å². The van der Waals surface area contributed by atoms with E-state index in [9.17, 15) is 4.39 Å². The first-order valence-corrected chi connectivity index (χ1v) is 8.76. The maximum atomic E-state index is 14.0. The summed E-state index contributed by atoms with van der Waals surface area (Å²) in [6, 6.07) is 9.78. The lowest BCUT2D eigenvalue weighted by Crippen LogP contribution is -2.31. The lowest BCUT2D eigenvalue weighted by Gasteiger charge is -2.14. The first-order chi connectivity index (χ1) is 13.1. The van der Waals surface area contributed by atoms with Crippen molar-refractivity contribution in [2.45, 2.75) is 6.61 Å². The average molecular weight is 408 g/mol. The van der Waals surface area contributed by atoms with Crippen molar-refractivity contribution in [2.75, 3.05) is 13.7 Å². The Kier molecular flexibility index (Phi) is 8.03. The zero-order valence-corrected chi connectivity index (χ0v) is 16.2. The Morgan fingerprint density at radius 3 is 2.81 bits per heavy atom. The predicted molar refractivity (Wildman–Crippen MR) is 110 cm³/mol. The number of hydrogen-bond acceptors (Lipinski definition) is 4. The van der Waals surface area contributed by atoms with Crippen molar-refractivity contribution in [1.82, 2.24) is 10.7 Å². The van der Waals surface area contributed by atoms with E-state index in [1.807, 2.05) is 0 Å². The van der Waals surface area contributed by atoms with Gasteiger partial charge in [0.15, 0.2) is 16.6 Å². The van der Waals surface area contributed by atoms with Crippen molar-refractivity contribution < 1.29 is 13.9 Å². The first kappa shape index (κ1) is 20.7. The minimum Gasteiger partial charge on any atom is -0.493 e. The Hall–Kier alpha value is -2.64. The molecule has 0 aliphatic rings. The van der Waals surface area contributed by atoms with Gasteiger partial charge in [0.2, 0.25) is 0 Å². The summed E-state index contributed by atoms with van der Waals surface area (Å²) in [6.45, 7) is 4.06. The van der Waals surface area contributed by atoms with Crippen molar-refractivity contribution in [3.8, 4) is 11.5 Å². The van der Waals surface area contributed by atoms with E-state index >= 15 is 0 Å². The summed E-state index contributed by atoms with van der Waals surface area (Å²) >= 11 is 11.1. The second kappa shape index (κ2) is 10.5. The number of nitrogens with zero attached hydrogens (tertiary/aromatic N) is 1. The summed E-state index contributed by atoms with van der Waals surface area (Å²) in [5, 5.41) is 7.61. The Labute approximate surface area is 167 Å². The van der Waals surface area contributed by atoms with E-state index in [0.29, 0.717) is 33.7 Å². The molecule has 2 N–H and O–H groups in total. The van der Waals surface area contributed by atoms with E-state index in [4.69, 9.17) is 33.3 Å². The van der Waals surface area contributed by atoms with Crippen LogP contribution < -0.4 is 20.2 Å². The maximum absolute atomic E-state index is 14.0. The Balaban J connectivity index is 2.17. The minimum atomic E-state index is -0.437. The molecule has 0 saturated heterocycles. The predicted octanol–water partition coefficient (Wildman–Crippen LogP) is 4.05. The molecule has 0 aliphatic carbocycles. The van der Waals surface area contributed by atoms with Crippen LogP contribution in [0.1, 0.15) is 11.1 Å². The number of hydrogen-bond donors (Lipinski definition) is 2. The monoisotopic (exact) mass is 407 g/mol. The molecule has 2 rings (SSSR count). The lowest BCUT2D eigenvalue weighted by atomic mass is 10.2. The van der Waals surface area contributed by atoms with E-state index in [1.54, 1.807) is 30.3 Å². The van der Waals surface area contributed by atoms with Crippen LogP contribution in [0.4, 0.5) is 4.39 Å². The number of halogens is 2. The van der Waals surface area contributed by atoms with Gasteiger partial charge in [0, 0.05) is 17.7 Å². The SMILES string of the molecule is C=CCNC(=S)N/N=C/c1cccc(OC)c1OCc1c(F)cccc1Cl. The normalized spacial score (nSPS) is 10.5. The maximum Gasteiger partial charge on any atom is 0.187 e. The number of benzene rings is 2. The topological polar surface area (TPSA) is 54.9 Å². The molecule has 0 fully saturated rings. The molecular formula is C19H19ClFN3O2S. The molecule has 142 valence electrons. The van der Waals surface area contributed by atoms with Gasteiger partial charge in [0.1, 0.15) is 12.4 Å². The summed E-state index contributed by atoms with van der Waals surface area (Å²) in [4.78, 5) is 0. The lowest BCUT2D eigenvalue weighted by molar-refractivity contribution is 0.279. The molecule has 0 amide bonds. The molecule has 0 radical (unpaired) electrons. The molecule has 0 saturated carbocycles. The molecule has 27 heavy (non-hydrogen) atoms. The number of para-hydroxylation sites is 1. The molecule has 0 aromatic heterocycles. The van der Waals surface area contributed by atoms with Gasteiger partial charge in [-0.1, -0.05) is 29.8 Å². The number of thiocarbonyl (C=S) groups is 1. The average Bonchev–Trinajstić information content (AvgIpc) is 2.66. The molecule has 2 aromatic rings. The molecule has 0 spiro atoms. The summed E-state index contributed by atoms with van der Waals surface area (Å²) < 4.78 is 25.1. The number of rotatable bonds is 8. The largest absolute Gasteiger partial charge is 0.493 e. The van der Waals surface area contributed by atoms with E-state index in [1.165, 1.54) is 25.5 Å². The van der Waals surface area contributed by atoms with Gasteiger partial charge in [-0.3, -0.25) is 5.43 Å². The number of methoxy groups -OCH3 is 1. The van der Waals surface area contributed by atoms with Crippen LogP contribution >= 0.6 is 23.8 Å². The van der Waals surface area contributed by atoms with Gasteiger partial charge < -0.3 is 14.8 Å². The van der Waals surface area contributed by atoms with Crippen LogP contribution in [0.15, 0.2) is 54.2 Å². The van der Waals surface area contributed by atoms with Gasteiger partial charge in [-0.05, 0) is 36.5 Å². The van der Waals surface area contributed by atoms with Crippen molar-refractivity contribution in [3.05, 3.63) is 71.0 Å². The fraction of sp³-hybridized carbons (Fsp3) is 0.158. The van der Waals surface area contributed by atoms with Crippen LogP contribution in [0, 0.1) is 5.82 Å². The van der Waals surface area contributed by atoms with Gasteiger partial charge in [-0.15, -0.1) is 6.58 Å².